The van der Waals surface area contributed by atoms with Gasteiger partial charge >= 0.3 is 6.18 Å². The number of alkyl halides is 3. The van der Waals surface area contributed by atoms with Crippen LogP contribution in [0.4, 0.5) is 18.3 Å². The van der Waals surface area contributed by atoms with Crippen molar-refractivity contribution in [1.82, 2.24) is 9.88 Å². The van der Waals surface area contributed by atoms with E-state index in [2.05, 4.69) is 4.98 Å². The lowest BCUT2D eigenvalue weighted by molar-refractivity contribution is -0.137. The van der Waals surface area contributed by atoms with Crippen LogP contribution in [0.2, 0.25) is 0 Å². The van der Waals surface area contributed by atoms with E-state index in [9.17, 15) is 22.8 Å². The molecule has 1 aliphatic rings. The van der Waals surface area contributed by atoms with Crippen molar-refractivity contribution in [2.75, 3.05) is 24.5 Å². The highest BCUT2D eigenvalue weighted by molar-refractivity contribution is 7.22. The topological polar surface area (TPSA) is 53.5 Å². The van der Waals surface area contributed by atoms with Crippen LogP contribution >= 0.6 is 11.3 Å². The van der Waals surface area contributed by atoms with Gasteiger partial charge in [-0.1, -0.05) is 23.5 Å². The standard InChI is InChI=1S/C23H22F3N3O2S/c1-2-29(22-27-18-5-3-4-6-19(18)32-22)21(31)16-11-13-28(14-12-16)20(30)15-7-9-17(10-8-15)23(24,25)26/h3-10,16H,2,11-14H2,1H3. The van der Waals surface area contributed by atoms with E-state index in [1.165, 1.54) is 23.5 Å². The molecule has 0 bridgehead atoms. The molecule has 2 amide bonds. The minimum Gasteiger partial charge on any atom is -0.339 e. The number of benzene rings is 2. The van der Waals surface area contributed by atoms with Gasteiger partial charge in [0.2, 0.25) is 5.91 Å². The third kappa shape index (κ3) is 4.48. The number of anilines is 1. The van der Waals surface area contributed by atoms with Crippen molar-refractivity contribution in [1.29, 1.82) is 0 Å². The van der Waals surface area contributed by atoms with Crippen molar-refractivity contribution in [2.45, 2.75) is 25.9 Å². The van der Waals surface area contributed by atoms with Gasteiger partial charge in [-0.3, -0.25) is 14.5 Å². The first kappa shape index (κ1) is 22.3. The van der Waals surface area contributed by atoms with Crippen LogP contribution < -0.4 is 4.90 Å². The summed E-state index contributed by atoms with van der Waals surface area (Å²) >= 11 is 1.48. The summed E-state index contributed by atoms with van der Waals surface area (Å²) in [5, 5.41) is 0.668. The molecule has 0 aliphatic carbocycles. The van der Waals surface area contributed by atoms with Crippen LogP contribution in [0.25, 0.3) is 10.2 Å². The number of rotatable bonds is 4. The first-order valence-corrected chi connectivity index (χ1v) is 11.2. The van der Waals surface area contributed by atoms with E-state index in [1.807, 2.05) is 31.2 Å². The zero-order valence-corrected chi connectivity index (χ0v) is 18.2. The second-order valence-corrected chi connectivity index (χ2v) is 8.70. The molecule has 1 aliphatic heterocycles. The fraction of sp³-hybridized carbons (Fsp3) is 0.348. The normalized spacial score (nSPS) is 15.2. The van der Waals surface area contributed by atoms with Crippen LogP contribution in [0.1, 0.15) is 35.7 Å². The van der Waals surface area contributed by atoms with E-state index in [-0.39, 0.29) is 23.3 Å². The monoisotopic (exact) mass is 461 g/mol. The molecule has 0 atom stereocenters. The number of aromatic nitrogens is 1. The van der Waals surface area contributed by atoms with E-state index >= 15 is 0 Å². The number of hydrogen-bond acceptors (Lipinski definition) is 4. The van der Waals surface area contributed by atoms with E-state index < -0.39 is 11.7 Å². The minimum atomic E-state index is -4.44. The zero-order valence-electron chi connectivity index (χ0n) is 17.4. The number of fused-ring (bicyclic) bond motifs is 1. The number of thiazole rings is 1. The van der Waals surface area contributed by atoms with Gasteiger partial charge in [-0.2, -0.15) is 13.2 Å². The summed E-state index contributed by atoms with van der Waals surface area (Å²) in [6.45, 7) is 3.18. The van der Waals surface area contributed by atoms with Crippen LogP contribution in [0.5, 0.6) is 0 Å². The molecule has 9 heteroatoms. The molecule has 0 N–H and O–H groups in total. The summed E-state index contributed by atoms with van der Waals surface area (Å²) in [6.07, 6.45) is -3.42. The van der Waals surface area contributed by atoms with Gasteiger partial charge in [0.1, 0.15) is 0 Å². The average molecular weight is 462 g/mol. The zero-order chi connectivity index (χ0) is 22.9. The molecular formula is C23H22F3N3O2S. The lowest BCUT2D eigenvalue weighted by atomic mass is 9.94. The highest BCUT2D eigenvalue weighted by Crippen LogP contribution is 2.32. The number of likely N-dealkylation sites (tertiary alicyclic amines) is 1. The molecule has 0 unspecified atom stereocenters. The maximum Gasteiger partial charge on any atom is 0.416 e. The molecule has 168 valence electrons. The van der Waals surface area contributed by atoms with Gasteiger partial charge in [-0.05, 0) is 56.2 Å². The Morgan fingerprint density at radius 1 is 1.09 bits per heavy atom. The number of nitrogens with zero attached hydrogens (tertiary/aromatic N) is 3. The largest absolute Gasteiger partial charge is 0.416 e. The van der Waals surface area contributed by atoms with Gasteiger partial charge in [-0.15, -0.1) is 0 Å². The second-order valence-electron chi connectivity index (χ2n) is 7.69. The Bertz CT molecular complexity index is 1090. The fourth-order valence-corrected chi connectivity index (χ4v) is 4.93. The van der Waals surface area contributed by atoms with Crippen LogP contribution in [-0.2, 0) is 11.0 Å². The van der Waals surface area contributed by atoms with Crippen LogP contribution in [0, 0.1) is 5.92 Å². The molecule has 0 radical (unpaired) electrons. The Kier molecular flexibility index (Phi) is 6.19. The summed E-state index contributed by atoms with van der Waals surface area (Å²) in [4.78, 5) is 33.7. The number of carbonyl (C=O) groups is 2. The second kappa shape index (κ2) is 8.90. The van der Waals surface area contributed by atoms with Gasteiger partial charge in [0.25, 0.3) is 5.91 Å². The molecule has 2 heterocycles. The van der Waals surface area contributed by atoms with Gasteiger partial charge in [0.05, 0.1) is 15.8 Å². The highest BCUT2D eigenvalue weighted by atomic mass is 32.1. The van der Waals surface area contributed by atoms with E-state index in [0.717, 1.165) is 22.3 Å². The number of hydrogen-bond donors (Lipinski definition) is 0. The molecule has 0 spiro atoms. The van der Waals surface area contributed by atoms with Crippen LogP contribution in [0.3, 0.4) is 0 Å². The predicted molar refractivity (Wildman–Crippen MR) is 118 cm³/mol. The molecule has 5 nitrogen and oxygen atoms in total. The predicted octanol–water partition coefficient (Wildman–Crippen LogP) is 5.22. The molecule has 0 saturated carbocycles. The first-order chi connectivity index (χ1) is 15.3. The fourth-order valence-electron chi connectivity index (χ4n) is 3.90. The lowest BCUT2D eigenvalue weighted by Gasteiger charge is -2.33. The van der Waals surface area contributed by atoms with Crippen molar-refractivity contribution in [3.8, 4) is 0 Å². The Hall–Kier alpha value is -2.94. The molecule has 3 aromatic rings. The maximum atomic E-state index is 13.2. The van der Waals surface area contributed by atoms with Gasteiger partial charge in [0.15, 0.2) is 5.13 Å². The Morgan fingerprint density at radius 2 is 1.75 bits per heavy atom. The number of amides is 2. The quantitative estimate of drug-likeness (QED) is 0.535. The maximum absolute atomic E-state index is 13.2. The third-order valence-electron chi connectivity index (χ3n) is 5.69. The van der Waals surface area contributed by atoms with E-state index in [4.69, 9.17) is 0 Å². The molecule has 4 rings (SSSR count). The van der Waals surface area contributed by atoms with Crippen molar-refractivity contribution < 1.29 is 22.8 Å². The van der Waals surface area contributed by atoms with Gasteiger partial charge in [-0.25, -0.2) is 4.98 Å². The SMILES string of the molecule is CCN(C(=O)C1CCN(C(=O)c2ccc(C(F)(F)F)cc2)CC1)c1nc2ccccc2s1. The number of carbonyl (C=O) groups excluding carboxylic acids is 2. The van der Waals surface area contributed by atoms with E-state index in [0.29, 0.717) is 37.6 Å². The van der Waals surface area contributed by atoms with Crippen LogP contribution in [-0.4, -0.2) is 41.3 Å². The first-order valence-electron chi connectivity index (χ1n) is 10.4. The highest BCUT2D eigenvalue weighted by Gasteiger charge is 2.33. The molecule has 1 fully saturated rings. The Balaban J connectivity index is 1.40. The van der Waals surface area contributed by atoms with Gasteiger partial charge in [0, 0.05) is 31.1 Å². The summed E-state index contributed by atoms with van der Waals surface area (Å²) in [6, 6.07) is 12.0. The summed E-state index contributed by atoms with van der Waals surface area (Å²) in [7, 11) is 0. The number of halogens is 3. The Morgan fingerprint density at radius 3 is 2.34 bits per heavy atom. The number of para-hydroxylation sites is 1. The number of piperidine rings is 1. The molecule has 32 heavy (non-hydrogen) atoms. The van der Waals surface area contributed by atoms with Crippen molar-refractivity contribution >= 4 is 38.5 Å². The van der Waals surface area contributed by atoms with Crippen molar-refractivity contribution in [2.24, 2.45) is 5.92 Å². The van der Waals surface area contributed by atoms with Gasteiger partial charge < -0.3 is 4.90 Å². The van der Waals surface area contributed by atoms with E-state index in [1.54, 1.807) is 9.80 Å². The van der Waals surface area contributed by atoms with Crippen molar-refractivity contribution in [3.63, 3.8) is 0 Å². The molecule has 2 aromatic carbocycles. The third-order valence-corrected chi connectivity index (χ3v) is 6.75. The van der Waals surface area contributed by atoms with Crippen LogP contribution in [0.15, 0.2) is 48.5 Å². The van der Waals surface area contributed by atoms with Crippen molar-refractivity contribution in [3.05, 3.63) is 59.7 Å². The molecular weight excluding hydrogens is 439 g/mol. The summed E-state index contributed by atoms with van der Waals surface area (Å²) < 4.78 is 39.2. The lowest BCUT2D eigenvalue weighted by Crippen LogP contribution is -2.44. The molecule has 1 saturated heterocycles. The average Bonchev–Trinajstić information content (AvgIpc) is 3.22. The minimum absolute atomic E-state index is 0.00631. The summed E-state index contributed by atoms with van der Waals surface area (Å²) in [5.74, 6) is -0.546. The molecule has 1 aromatic heterocycles. The summed E-state index contributed by atoms with van der Waals surface area (Å²) in [5.41, 5.74) is 0.288. The Labute approximate surface area is 187 Å². The smallest absolute Gasteiger partial charge is 0.339 e.